The highest BCUT2D eigenvalue weighted by atomic mass is 32.2. The molecule has 382 valence electrons. The fourth-order valence-corrected chi connectivity index (χ4v) is 11.3. The van der Waals surface area contributed by atoms with Crippen LogP contribution in [0.1, 0.15) is 57.7 Å². The van der Waals surface area contributed by atoms with Crippen molar-refractivity contribution in [3.8, 4) is 0 Å². The van der Waals surface area contributed by atoms with Gasteiger partial charge in [-0.05, 0) is 133 Å². The summed E-state index contributed by atoms with van der Waals surface area (Å²) in [7, 11) is -7.58. The summed E-state index contributed by atoms with van der Waals surface area (Å²) in [5, 5.41) is 13.1. The van der Waals surface area contributed by atoms with Crippen molar-refractivity contribution in [2.75, 3.05) is 85.2 Å². The SMILES string of the molecule is Cc1cnc(Nc2ccc(N3CCN(CCC(C)(C)NS(=O)(=O)c4cccc(Nc5nc(Nc6ccc(CN7CCOCC7)cc6)ncc5C)c4)CC3)cc2)nc1Nc1cccc(S(=O)(=O)NC(C)(C)C)c1. The van der Waals surface area contributed by atoms with Crippen LogP contribution in [0.5, 0.6) is 0 Å². The topological polar surface area (TPSA) is 211 Å². The highest BCUT2D eigenvalue weighted by Crippen LogP contribution is 2.28. The average molecular weight is 1020 g/mol. The van der Waals surface area contributed by atoms with Crippen LogP contribution in [0.2, 0.25) is 0 Å². The number of aryl methyl sites for hydroxylation is 2. The molecule has 2 aromatic heterocycles. The first-order valence-corrected chi connectivity index (χ1v) is 27.2. The monoisotopic (exact) mass is 1020 g/mol. The maximum atomic E-state index is 13.8. The van der Waals surface area contributed by atoms with Crippen molar-refractivity contribution in [2.45, 2.75) is 82.3 Å². The smallest absolute Gasteiger partial charge is 0.241 e. The first-order valence-electron chi connectivity index (χ1n) is 24.2. The van der Waals surface area contributed by atoms with E-state index in [1.807, 2.05) is 58.0 Å². The van der Waals surface area contributed by atoms with Crippen LogP contribution in [0.4, 0.5) is 52.0 Å². The lowest BCUT2D eigenvalue weighted by Crippen LogP contribution is -2.50. The van der Waals surface area contributed by atoms with Gasteiger partial charge in [0.1, 0.15) is 11.6 Å². The molecule has 0 saturated carbocycles. The zero-order valence-electron chi connectivity index (χ0n) is 42.2. The van der Waals surface area contributed by atoms with Crippen LogP contribution in [0.25, 0.3) is 0 Å². The van der Waals surface area contributed by atoms with Gasteiger partial charge >= 0.3 is 0 Å². The minimum atomic E-state index is -3.86. The Hall–Kier alpha value is -6.26. The predicted octanol–water partition coefficient (Wildman–Crippen LogP) is 8.04. The van der Waals surface area contributed by atoms with Crippen molar-refractivity contribution >= 4 is 72.0 Å². The molecule has 20 heteroatoms. The molecule has 2 saturated heterocycles. The number of hydrogen-bond acceptors (Lipinski definition) is 16. The van der Waals surface area contributed by atoms with Crippen LogP contribution in [0.3, 0.4) is 0 Å². The summed E-state index contributed by atoms with van der Waals surface area (Å²) in [6.45, 7) is 21.4. The Morgan fingerprint density at radius 1 is 0.569 bits per heavy atom. The van der Waals surface area contributed by atoms with Crippen LogP contribution >= 0.6 is 0 Å². The molecule has 2 fully saturated rings. The number of anilines is 9. The molecule has 0 aliphatic carbocycles. The molecule has 0 atom stereocenters. The summed E-state index contributed by atoms with van der Waals surface area (Å²) in [5.41, 5.74) is 5.47. The van der Waals surface area contributed by atoms with E-state index < -0.39 is 31.1 Å². The number of benzene rings is 4. The molecule has 4 heterocycles. The Morgan fingerprint density at radius 2 is 1.07 bits per heavy atom. The van der Waals surface area contributed by atoms with Gasteiger partial charge in [-0.2, -0.15) is 9.97 Å². The lowest BCUT2D eigenvalue weighted by atomic mass is 10.0. The third-order valence-electron chi connectivity index (χ3n) is 12.2. The van der Waals surface area contributed by atoms with Gasteiger partial charge in [-0.3, -0.25) is 9.80 Å². The fraction of sp³-hybridized carbons (Fsp3) is 0.385. The Morgan fingerprint density at radius 3 is 1.58 bits per heavy atom. The van der Waals surface area contributed by atoms with E-state index in [4.69, 9.17) is 9.72 Å². The van der Waals surface area contributed by atoms with Gasteiger partial charge in [0.05, 0.1) is 23.0 Å². The summed E-state index contributed by atoms with van der Waals surface area (Å²) < 4.78 is 64.7. The van der Waals surface area contributed by atoms with E-state index in [0.29, 0.717) is 41.3 Å². The molecule has 4 aromatic carbocycles. The largest absolute Gasteiger partial charge is 0.379 e. The Bertz CT molecular complexity index is 3030. The summed E-state index contributed by atoms with van der Waals surface area (Å²) >= 11 is 0. The summed E-state index contributed by atoms with van der Waals surface area (Å²) in [5.74, 6) is 1.94. The molecule has 0 unspecified atom stereocenters. The Balaban J connectivity index is 0.796. The van der Waals surface area contributed by atoms with Gasteiger partial charge in [0.15, 0.2) is 0 Å². The molecule has 8 rings (SSSR count). The van der Waals surface area contributed by atoms with Crippen LogP contribution in [-0.2, 0) is 31.3 Å². The fourth-order valence-electron chi connectivity index (χ4n) is 8.34. The number of rotatable bonds is 19. The first kappa shape index (κ1) is 52.1. The Kier molecular flexibility index (Phi) is 16.1. The number of hydrogen-bond donors (Lipinski definition) is 6. The lowest BCUT2D eigenvalue weighted by molar-refractivity contribution is 0.0342. The normalized spacial score (nSPS) is 15.3. The average Bonchev–Trinajstić information content (AvgIpc) is 3.34. The van der Waals surface area contributed by atoms with E-state index in [9.17, 15) is 16.8 Å². The number of ether oxygens (including phenoxy) is 1. The molecule has 72 heavy (non-hydrogen) atoms. The zero-order valence-corrected chi connectivity index (χ0v) is 43.8. The van der Waals surface area contributed by atoms with Crippen molar-refractivity contribution in [2.24, 2.45) is 0 Å². The maximum Gasteiger partial charge on any atom is 0.241 e. The van der Waals surface area contributed by atoms with Gasteiger partial charge in [-0.25, -0.2) is 36.2 Å². The molecule has 2 aliphatic rings. The minimum absolute atomic E-state index is 0.156. The van der Waals surface area contributed by atoms with Crippen molar-refractivity contribution in [3.05, 3.63) is 126 Å². The minimum Gasteiger partial charge on any atom is -0.379 e. The van der Waals surface area contributed by atoms with E-state index in [1.54, 1.807) is 75.6 Å². The number of sulfonamides is 2. The van der Waals surface area contributed by atoms with Crippen LogP contribution in [0.15, 0.2) is 119 Å². The summed E-state index contributed by atoms with van der Waals surface area (Å²) in [4.78, 5) is 25.8. The highest BCUT2D eigenvalue weighted by molar-refractivity contribution is 7.89. The van der Waals surface area contributed by atoms with Crippen molar-refractivity contribution in [1.82, 2.24) is 39.2 Å². The van der Waals surface area contributed by atoms with Crippen molar-refractivity contribution in [1.29, 1.82) is 0 Å². The number of piperazine rings is 1. The van der Waals surface area contributed by atoms with Gasteiger partial charge in [-0.1, -0.05) is 24.3 Å². The maximum absolute atomic E-state index is 13.8. The third-order valence-corrected chi connectivity index (χ3v) is 15.7. The Labute approximate surface area is 424 Å². The standard InChI is InChI=1S/C52H67N13O5S2/c1-37-34-53-49(57-40-16-14-39(15-17-40)36-64-28-30-70-31-29-64)59-48(37)56-43-11-9-13-46(33-43)72(68,69)62-52(6,7)22-23-63-24-26-65(27-25-63)44-20-18-41(19-21-44)58-50-54-35-38(2)47(60-50)55-42-10-8-12-45(32-42)71(66,67)61-51(3,4)5/h8-21,32-35,61-62H,22-31,36H2,1-7H3,(H2,53,56,57,59)(H2,54,55,58,60). The van der Waals surface area contributed by atoms with Crippen LogP contribution in [-0.4, -0.2) is 117 Å². The third kappa shape index (κ3) is 14.5. The van der Waals surface area contributed by atoms with Crippen molar-refractivity contribution < 1.29 is 21.6 Å². The molecule has 6 N–H and O–H groups in total. The number of nitrogens with zero attached hydrogens (tertiary/aromatic N) is 7. The molecule has 0 radical (unpaired) electrons. The number of nitrogens with one attached hydrogen (secondary N) is 6. The van der Waals surface area contributed by atoms with Crippen LogP contribution < -0.4 is 35.6 Å². The van der Waals surface area contributed by atoms with Crippen LogP contribution in [0, 0.1) is 13.8 Å². The number of aromatic nitrogens is 4. The van der Waals surface area contributed by atoms with Gasteiger partial charge in [0, 0.05) is 115 Å². The molecule has 2 aliphatic heterocycles. The molecule has 0 amide bonds. The molecule has 18 nitrogen and oxygen atoms in total. The van der Waals surface area contributed by atoms with Gasteiger partial charge < -0.3 is 30.9 Å². The lowest BCUT2D eigenvalue weighted by Gasteiger charge is -2.37. The van der Waals surface area contributed by atoms with E-state index in [1.165, 1.54) is 5.56 Å². The van der Waals surface area contributed by atoms with E-state index in [2.05, 4.69) is 84.6 Å². The first-order chi connectivity index (χ1) is 34.2. The zero-order chi connectivity index (χ0) is 51.1. The summed E-state index contributed by atoms with van der Waals surface area (Å²) in [6, 6.07) is 29.8. The second-order valence-electron chi connectivity index (χ2n) is 20.1. The van der Waals surface area contributed by atoms with E-state index in [0.717, 1.165) is 93.8 Å². The van der Waals surface area contributed by atoms with E-state index in [-0.39, 0.29) is 9.79 Å². The molecular weight excluding hydrogens is 951 g/mol. The van der Waals surface area contributed by atoms with Gasteiger partial charge in [-0.15, -0.1) is 0 Å². The number of morpholine rings is 1. The molecule has 0 spiro atoms. The second-order valence-corrected chi connectivity index (χ2v) is 23.4. The van der Waals surface area contributed by atoms with Crippen molar-refractivity contribution in [3.63, 3.8) is 0 Å². The molecular formula is C52H67N13O5S2. The van der Waals surface area contributed by atoms with E-state index >= 15 is 0 Å². The quantitative estimate of drug-likeness (QED) is 0.0453. The molecule has 6 aromatic rings. The second kappa shape index (κ2) is 22.2. The predicted molar refractivity (Wildman–Crippen MR) is 286 cm³/mol. The summed E-state index contributed by atoms with van der Waals surface area (Å²) in [6.07, 6.45) is 4.07. The highest BCUT2D eigenvalue weighted by Gasteiger charge is 2.28. The van der Waals surface area contributed by atoms with Gasteiger partial charge in [0.2, 0.25) is 31.9 Å². The van der Waals surface area contributed by atoms with Gasteiger partial charge in [0.25, 0.3) is 0 Å². The molecule has 0 bridgehead atoms.